The monoisotopic (exact) mass is 473 g/mol. The van der Waals surface area contributed by atoms with Gasteiger partial charge in [0.05, 0.1) is 34.3 Å². The molecule has 0 spiro atoms. The molecule has 2 aromatic carbocycles. The number of carbonyl (C=O) groups excluding carboxylic acids is 1. The minimum Gasteiger partial charge on any atom is -0.487 e. The van der Waals surface area contributed by atoms with Crippen molar-refractivity contribution in [2.24, 2.45) is 5.73 Å². The molecule has 9 heteroatoms. The van der Waals surface area contributed by atoms with Gasteiger partial charge in [-0.25, -0.2) is 4.39 Å². The molecule has 0 bridgehead atoms. The zero-order valence-electron chi connectivity index (χ0n) is 19.0. The van der Waals surface area contributed by atoms with Crippen molar-refractivity contribution in [2.75, 3.05) is 11.9 Å². The van der Waals surface area contributed by atoms with E-state index in [9.17, 15) is 14.3 Å². The van der Waals surface area contributed by atoms with Crippen LogP contribution >= 0.6 is 0 Å². The highest BCUT2D eigenvalue weighted by Crippen LogP contribution is 2.40. The number of aromatic nitrogens is 1. The molecule has 1 aliphatic rings. The van der Waals surface area contributed by atoms with Gasteiger partial charge in [0.1, 0.15) is 18.2 Å². The van der Waals surface area contributed by atoms with Gasteiger partial charge in [0, 0.05) is 29.4 Å². The fraction of sp³-hybridized carbons (Fsp3) is 0.192. The third-order valence-electron chi connectivity index (χ3n) is 5.54. The van der Waals surface area contributed by atoms with Crippen molar-refractivity contribution in [2.45, 2.75) is 26.2 Å². The SMILES string of the molecule is CCCNC(=O)C1=C(N)c2cccc(-c3cc(OCc4cc(C#N)ccn4)ccc3F)c2NC1O. The number of fused-ring (bicyclic) bond motifs is 1. The Hall–Kier alpha value is -4.42. The largest absolute Gasteiger partial charge is 0.487 e. The van der Waals surface area contributed by atoms with Gasteiger partial charge < -0.3 is 26.2 Å². The maximum absolute atomic E-state index is 14.9. The van der Waals surface area contributed by atoms with Gasteiger partial charge in [-0.3, -0.25) is 9.78 Å². The molecule has 4 rings (SSSR count). The minimum absolute atomic E-state index is 0.0211. The Morgan fingerprint density at radius 3 is 2.83 bits per heavy atom. The topological polar surface area (TPSA) is 133 Å². The number of carbonyl (C=O) groups is 1. The summed E-state index contributed by atoms with van der Waals surface area (Å²) in [5.41, 5.74) is 9.01. The highest BCUT2D eigenvalue weighted by atomic mass is 19.1. The van der Waals surface area contributed by atoms with E-state index in [0.717, 1.165) is 6.42 Å². The number of aliphatic hydroxyl groups is 1. The van der Waals surface area contributed by atoms with Crippen LogP contribution in [0.25, 0.3) is 16.8 Å². The van der Waals surface area contributed by atoms with Crippen molar-refractivity contribution >= 4 is 17.3 Å². The maximum Gasteiger partial charge on any atom is 0.253 e. The van der Waals surface area contributed by atoms with E-state index in [1.807, 2.05) is 13.0 Å². The van der Waals surface area contributed by atoms with Gasteiger partial charge in [0.25, 0.3) is 5.91 Å². The predicted octanol–water partition coefficient (Wildman–Crippen LogP) is 3.28. The summed E-state index contributed by atoms with van der Waals surface area (Å²) in [6.45, 7) is 2.46. The lowest BCUT2D eigenvalue weighted by atomic mass is 9.92. The number of hydrogen-bond acceptors (Lipinski definition) is 7. The van der Waals surface area contributed by atoms with Gasteiger partial charge >= 0.3 is 0 Å². The number of aliphatic hydroxyl groups excluding tert-OH is 1. The second-order valence-corrected chi connectivity index (χ2v) is 7.94. The van der Waals surface area contributed by atoms with Gasteiger partial charge in [-0.1, -0.05) is 25.1 Å². The lowest BCUT2D eigenvalue weighted by Gasteiger charge is -2.28. The molecule has 0 saturated carbocycles. The fourth-order valence-corrected chi connectivity index (χ4v) is 3.82. The van der Waals surface area contributed by atoms with E-state index in [4.69, 9.17) is 15.7 Å². The van der Waals surface area contributed by atoms with E-state index in [0.29, 0.717) is 40.4 Å². The van der Waals surface area contributed by atoms with Crippen molar-refractivity contribution in [3.8, 4) is 22.9 Å². The molecular formula is C26H24FN5O3. The Kier molecular flexibility index (Phi) is 6.94. The molecule has 35 heavy (non-hydrogen) atoms. The van der Waals surface area contributed by atoms with Crippen LogP contribution in [0.1, 0.15) is 30.2 Å². The molecule has 1 amide bonds. The van der Waals surface area contributed by atoms with E-state index in [2.05, 4.69) is 15.6 Å². The predicted molar refractivity (Wildman–Crippen MR) is 129 cm³/mol. The van der Waals surface area contributed by atoms with Crippen LogP contribution in [0.2, 0.25) is 0 Å². The number of anilines is 1. The van der Waals surface area contributed by atoms with Crippen LogP contribution in [0.3, 0.4) is 0 Å². The second kappa shape index (κ2) is 10.2. The van der Waals surface area contributed by atoms with Crippen LogP contribution in [-0.4, -0.2) is 28.8 Å². The Balaban J connectivity index is 1.67. The third kappa shape index (κ3) is 4.93. The van der Waals surface area contributed by atoms with Crippen LogP contribution in [0.5, 0.6) is 5.75 Å². The van der Waals surface area contributed by atoms with Crippen LogP contribution in [0.4, 0.5) is 10.1 Å². The van der Waals surface area contributed by atoms with Crippen molar-refractivity contribution in [1.29, 1.82) is 5.26 Å². The molecule has 1 aromatic heterocycles. The summed E-state index contributed by atoms with van der Waals surface area (Å²) in [7, 11) is 0. The highest BCUT2D eigenvalue weighted by Gasteiger charge is 2.30. The van der Waals surface area contributed by atoms with Crippen molar-refractivity contribution in [3.63, 3.8) is 0 Å². The quantitative estimate of drug-likeness (QED) is 0.414. The van der Waals surface area contributed by atoms with Gasteiger partial charge in [-0.15, -0.1) is 0 Å². The summed E-state index contributed by atoms with van der Waals surface area (Å²) in [4.78, 5) is 16.7. The fourth-order valence-electron chi connectivity index (χ4n) is 3.82. The second-order valence-electron chi connectivity index (χ2n) is 7.94. The number of nitrogens with zero attached hydrogens (tertiary/aromatic N) is 2. The van der Waals surface area contributed by atoms with E-state index in [-0.39, 0.29) is 23.4 Å². The zero-order chi connectivity index (χ0) is 24.9. The summed E-state index contributed by atoms with van der Waals surface area (Å²) in [5, 5.41) is 25.3. The number of benzene rings is 2. The molecular weight excluding hydrogens is 449 g/mol. The number of halogens is 1. The standard InChI is InChI=1S/C26H24FN5O3/c1-2-9-31-25(33)22-23(29)19-5-3-4-18(24(19)32-26(22)34)20-12-17(6-7-21(20)27)35-14-16-11-15(13-28)8-10-30-16/h3-8,10-12,26,32,34H,2,9,14,29H2,1H3,(H,31,33). The molecule has 2 heterocycles. The molecule has 0 fully saturated rings. The number of para-hydroxylation sites is 1. The van der Waals surface area contributed by atoms with Crippen molar-refractivity contribution in [3.05, 3.63) is 82.9 Å². The van der Waals surface area contributed by atoms with Crippen molar-refractivity contribution in [1.82, 2.24) is 10.3 Å². The van der Waals surface area contributed by atoms with E-state index < -0.39 is 18.0 Å². The summed E-state index contributed by atoms with van der Waals surface area (Å²) in [5.74, 6) is -0.570. The Labute approximate surface area is 201 Å². The molecule has 3 aromatic rings. The lowest BCUT2D eigenvalue weighted by molar-refractivity contribution is -0.118. The minimum atomic E-state index is -1.36. The summed E-state index contributed by atoms with van der Waals surface area (Å²) < 4.78 is 20.7. The number of rotatable bonds is 7. The molecule has 0 aliphatic carbocycles. The summed E-state index contributed by atoms with van der Waals surface area (Å²) >= 11 is 0. The molecule has 8 nitrogen and oxygen atoms in total. The number of nitriles is 1. The number of hydrogen-bond donors (Lipinski definition) is 4. The smallest absolute Gasteiger partial charge is 0.253 e. The Bertz CT molecular complexity index is 1350. The van der Waals surface area contributed by atoms with E-state index in [1.54, 1.807) is 30.3 Å². The summed E-state index contributed by atoms with van der Waals surface area (Å²) in [6.07, 6.45) is 0.900. The zero-order valence-corrected chi connectivity index (χ0v) is 19.0. The molecule has 5 N–H and O–H groups in total. The van der Waals surface area contributed by atoms with Crippen LogP contribution in [0, 0.1) is 17.1 Å². The highest BCUT2D eigenvalue weighted by molar-refractivity contribution is 6.06. The maximum atomic E-state index is 14.9. The molecule has 1 unspecified atom stereocenters. The first-order valence-corrected chi connectivity index (χ1v) is 11.1. The van der Waals surface area contributed by atoms with Gasteiger partial charge in [-0.05, 0) is 36.8 Å². The molecule has 0 saturated heterocycles. The normalized spacial score (nSPS) is 14.5. The van der Waals surface area contributed by atoms with Crippen LogP contribution in [-0.2, 0) is 11.4 Å². The lowest BCUT2D eigenvalue weighted by Crippen LogP contribution is -2.38. The Morgan fingerprint density at radius 1 is 1.26 bits per heavy atom. The van der Waals surface area contributed by atoms with Gasteiger partial charge in [-0.2, -0.15) is 5.26 Å². The average molecular weight is 474 g/mol. The molecule has 1 aliphatic heterocycles. The first-order chi connectivity index (χ1) is 16.9. The van der Waals surface area contributed by atoms with Crippen LogP contribution < -0.4 is 21.1 Å². The average Bonchev–Trinajstić information content (AvgIpc) is 2.87. The number of pyridine rings is 1. The number of ether oxygens (including phenoxy) is 1. The van der Waals surface area contributed by atoms with Crippen molar-refractivity contribution < 1.29 is 19.0 Å². The number of nitrogens with one attached hydrogen (secondary N) is 2. The third-order valence-corrected chi connectivity index (χ3v) is 5.54. The first kappa shape index (κ1) is 23.7. The van der Waals surface area contributed by atoms with Crippen LogP contribution in [0.15, 0.2) is 60.3 Å². The number of nitrogens with two attached hydrogens (primary N) is 1. The Morgan fingerprint density at radius 2 is 2.06 bits per heavy atom. The van der Waals surface area contributed by atoms with Gasteiger partial charge in [0.15, 0.2) is 6.23 Å². The first-order valence-electron chi connectivity index (χ1n) is 11.1. The van der Waals surface area contributed by atoms with E-state index >= 15 is 0 Å². The van der Waals surface area contributed by atoms with Gasteiger partial charge in [0.2, 0.25) is 0 Å². The summed E-state index contributed by atoms with van der Waals surface area (Å²) in [6, 6.07) is 14.7. The molecule has 1 atom stereocenters. The number of amides is 1. The molecule has 178 valence electrons. The molecule has 0 radical (unpaired) electrons. The van der Waals surface area contributed by atoms with E-state index in [1.165, 1.54) is 24.4 Å².